The lowest BCUT2D eigenvalue weighted by atomic mass is 9.96. The summed E-state index contributed by atoms with van der Waals surface area (Å²) in [7, 11) is -3.95. The van der Waals surface area contributed by atoms with Crippen LogP contribution in [0.5, 0.6) is 5.75 Å². The third kappa shape index (κ3) is 5.88. The van der Waals surface area contributed by atoms with E-state index >= 15 is 0 Å². The van der Waals surface area contributed by atoms with Crippen molar-refractivity contribution < 1.29 is 22.7 Å². The van der Waals surface area contributed by atoms with Crippen LogP contribution in [0.25, 0.3) is 0 Å². The Morgan fingerprint density at radius 3 is 2.50 bits per heavy atom. The van der Waals surface area contributed by atoms with E-state index in [0.717, 1.165) is 49.7 Å². The van der Waals surface area contributed by atoms with Crippen molar-refractivity contribution in [2.24, 2.45) is 0 Å². The van der Waals surface area contributed by atoms with Crippen LogP contribution in [0.3, 0.4) is 0 Å². The molecular formula is C25H31N3O5S. The molecule has 0 aromatic heterocycles. The fourth-order valence-electron chi connectivity index (χ4n) is 4.51. The number of nitrogens with one attached hydrogen (secondary N) is 3. The van der Waals surface area contributed by atoms with Crippen LogP contribution < -0.4 is 20.1 Å². The molecule has 1 aliphatic heterocycles. The first-order valence-corrected chi connectivity index (χ1v) is 13.3. The molecule has 8 nitrogen and oxygen atoms in total. The predicted octanol–water partition coefficient (Wildman–Crippen LogP) is 3.30. The monoisotopic (exact) mass is 485 g/mol. The molecule has 3 amide bonds. The SMILES string of the molecule is CC1Cc2cccc(C(=O)NCCc3ccc(S(=O)(=O)NC(=O)NC4CCCCC4)cc3)c2O1. The summed E-state index contributed by atoms with van der Waals surface area (Å²) in [5, 5.41) is 5.65. The summed E-state index contributed by atoms with van der Waals surface area (Å²) in [5.74, 6) is 0.459. The standard InChI is InChI=1S/C25H31N3O5S/c1-17-16-19-6-5-9-22(23(19)33-17)24(29)26-15-14-18-10-12-21(13-11-18)34(31,32)28-25(30)27-20-7-3-2-4-8-20/h5-6,9-13,17,20H,2-4,7-8,14-16H2,1H3,(H,26,29)(H2,27,28,30). The molecule has 9 heteroatoms. The van der Waals surface area contributed by atoms with Gasteiger partial charge in [0, 0.05) is 19.0 Å². The average Bonchev–Trinajstić information content (AvgIpc) is 3.19. The maximum absolute atomic E-state index is 12.6. The molecule has 1 atom stereocenters. The molecule has 1 aliphatic carbocycles. The summed E-state index contributed by atoms with van der Waals surface area (Å²) in [6.45, 7) is 2.37. The van der Waals surface area contributed by atoms with Gasteiger partial charge in [-0.3, -0.25) is 4.79 Å². The van der Waals surface area contributed by atoms with Gasteiger partial charge in [0.25, 0.3) is 15.9 Å². The molecule has 2 aromatic rings. The number of benzene rings is 2. The Balaban J connectivity index is 1.28. The second-order valence-electron chi connectivity index (χ2n) is 8.99. The van der Waals surface area contributed by atoms with Crippen molar-refractivity contribution in [1.29, 1.82) is 0 Å². The van der Waals surface area contributed by atoms with Gasteiger partial charge in [0.15, 0.2) is 0 Å². The van der Waals surface area contributed by atoms with Crippen LogP contribution in [-0.2, 0) is 22.9 Å². The lowest BCUT2D eigenvalue weighted by Gasteiger charge is -2.22. The summed E-state index contributed by atoms with van der Waals surface area (Å²) in [6.07, 6.45) is 6.37. The highest BCUT2D eigenvalue weighted by Gasteiger charge is 2.25. The van der Waals surface area contributed by atoms with E-state index < -0.39 is 16.1 Å². The lowest BCUT2D eigenvalue weighted by molar-refractivity contribution is 0.0949. The number of carbonyl (C=O) groups excluding carboxylic acids is 2. The first kappa shape index (κ1) is 24.1. The van der Waals surface area contributed by atoms with Gasteiger partial charge >= 0.3 is 6.03 Å². The second kappa shape index (κ2) is 10.5. The molecule has 0 saturated heterocycles. The molecule has 2 aliphatic rings. The van der Waals surface area contributed by atoms with E-state index in [-0.39, 0.29) is 22.9 Å². The largest absolute Gasteiger partial charge is 0.489 e. The number of rotatable bonds is 7. The number of fused-ring (bicyclic) bond motifs is 1. The Labute approximate surface area is 200 Å². The van der Waals surface area contributed by atoms with Gasteiger partial charge in [-0.25, -0.2) is 17.9 Å². The van der Waals surface area contributed by atoms with Gasteiger partial charge in [-0.2, -0.15) is 0 Å². The van der Waals surface area contributed by atoms with Crippen molar-refractivity contribution >= 4 is 22.0 Å². The number of amides is 3. The quantitative estimate of drug-likeness (QED) is 0.557. The van der Waals surface area contributed by atoms with Gasteiger partial charge in [0.05, 0.1) is 10.5 Å². The highest BCUT2D eigenvalue weighted by molar-refractivity contribution is 7.90. The van der Waals surface area contributed by atoms with E-state index in [4.69, 9.17) is 4.74 Å². The summed E-state index contributed by atoms with van der Waals surface area (Å²) in [6, 6.07) is 11.2. The minimum absolute atomic E-state index is 0.0187. The number of para-hydroxylation sites is 1. The molecule has 1 unspecified atom stereocenters. The predicted molar refractivity (Wildman–Crippen MR) is 128 cm³/mol. The van der Waals surface area contributed by atoms with Crippen molar-refractivity contribution in [2.75, 3.05) is 6.54 Å². The molecule has 1 heterocycles. The summed E-state index contributed by atoms with van der Waals surface area (Å²) < 4.78 is 32.9. The molecule has 182 valence electrons. The molecule has 0 bridgehead atoms. The molecule has 1 fully saturated rings. The summed E-state index contributed by atoms with van der Waals surface area (Å²) >= 11 is 0. The number of urea groups is 1. The first-order chi connectivity index (χ1) is 16.3. The molecule has 1 saturated carbocycles. The Morgan fingerprint density at radius 1 is 1.03 bits per heavy atom. The zero-order valence-electron chi connectivity index (χ0n) is 19.3. The summed E-state index contributed by atoms with van der Waals surface area (Å²) in [4.78, 5) is 24.8. The molecule has 3 N–H and O–H groups in total. The Kier molecular flexibility index (Phi) is 7.41. The molecule has 2 aromatic carbocycles. The van der Waals surface area contributed by atoms with Crippen molar-refractivity contribution in [2.45, 2.75) is 68.9 Å². The van der Waals surface area contributed by atoms with Gasteiger partial charge in [0.2, 0.25) is 0 Å². The van der Waals surface area contributed by atoms with Crippen molar-refractivity contribution in [3.63, 3.8) is 0 Å². The first-order valence-electron chi connectivity index (χ1n) is 11.8. The minimum Gasteiger partial charge on any atom is -0.489 e. The lowest BCUT2D eigenvalue weighted by Crippen LogP contribution is -2.45. The second-order valence-corrected chi connectivity index (χ2v) is 10.7. The maximum Gasteiger partial charge on any atom is 0.328 e. The highest BCUT2D eigenvalue weighted by Crippen LogP contribution is 2.32. The van der Waals surface area contributed by atoms with E-state index in [1.54, 1.807) is 18.2 Å². The molecule has 0 spiro atoms. The van der Waals surface area contributed by atoms with E-state index in [9.17, 15) is 18.0 Å². The van der Waals surface area contributed by atoms with Crippen LogP contribution in [0.4, 0.5) is 4.79 Å². The number of carbonyl (C=O) groups is 2. The Hall–Kier alpha value is -3.07. The van der Waals surface area contributed by atoms with E-state index in [1.807, 2.05) is 19.1 Å². The Bertz CT molecular complexity index is 1140. The zero-order chi connectivity index (χ0) is 24.1. The molecule has 0 radical (unpaired) electrons. The molecule has 4 rings (SSSR count). The molecular weight excluding hydrogens is 454 g/mol. The number of sulfonamides is 1. The fraction of sp³-hybridized carbons (Fsp3) is 0.440. The van der Waals surface area contributed by atoms with Gasteiger partial charge in [-0.15, -0.1) is 0 Å². The fourth-order valence-corrected chi connectivity index (χ4v) is 5.42. The van der Waals surface area contributed by atoms with E-state index in [2.05, 4.69) is 15.4 Å². The van der Waals surface area contributed by atoms with Gasteiger partial charge < -0.3 is 15.4 Å². The van der Waals surface area contributed by atoms with Crippen LogP contribution in [0, 0.1) is 0 Å². The molecule has 34 heavy (non-hydrogen) atoms. The minimum atomic E-state index is -3.95. The number of ether oxygens (including phenoxy) is 1. The third-order valence-corrected chi connectivity index (χ3v) is 7.61. The van der Waals surface area contributed by atoms with Crippen LogP contribution in [0.2, 0.25) is 0 Å². The smallest absolute Gasteiger partial charge is 0.328 e. The van der Waals surface area contributed by atoms with Crippen molar-refractivity contribution in [1.82, 2.24) is 15.4 Å². The number of hydrogen-bond acceptors (Lipinski definition) is 5. The van der Waals surface area contributed by atoms with Gasteiger partial charge in [-0.1, -0.05) is 43.5 Å². The van der Waals surface area contributed by atoms with Crippen molar-refractivity contribution in [3.8, 4) is 5.75 Å². The highest BCUT2D eigenvalue weighted by atomic mass is 32.2. The van der Waals surface area contributed by atoms with Crippen LogP contribution in [-0.4, -0.2) is 39.0 Å². The van der Waals surface area contributed by atoms with Crippen LogP contribution >= 0.6 is 0 Å². The average molecular weight is 486 g/mol. The topological polar surface area (TPSA) is 114 Å². The van der Waals surface area contributed by atoms with Crippen LogP contribution in [0.1, 0.15) is 60.5 Å². The van der Waals surface area contributed by atoms with E-state index in [1.165, 1.54) is 12.1 Å². The van der Waals surface area contributed by atoms with Crippen LogP contribution in [0.15, 0.2) is 47.4 Å². The zero-order valence-corrected chi connectivity index (χ0v) is 20.1. The van der Waals surface area contributed by atoms with Gasteiger partial charge in [-0.05, 0) is 55.5 Å². The normalized spacial score (nSPS) is 18.0. The van der Waals surface area contributed by atoms with Gasteiger partial charge in [0.1, 0.15) is 11.9 Å². The number of hydrogen-bond donors (Lipinski definition) is 3. The Morgan fingerprint density at radius 2 is 1.76 bits per heavy atom. The third-order valence-electron chi connectivity index (χ3n) is 6.27. The maximum atomic E-state index is 12.6. The van der Waals surface area contributed by atoms with Crippen molar-refractivity contribution in [3.05, 3.63) is 59.2 Å². The summed E-state index contributed by atoms with van der Waals surface area (Å²) in [5.41, 5.74) is 2.44. The van der Waals surface area contributed by atoms with E-state index in [0.29, 0.717) is 24.3 Å².